The van der Waals surface area contributed by atoms with Crippen molar-refractivity contribution in [2.75, 3.05) is 31.9 Å². The van der Waals surface area contributed by atoms with Crippen LogP contribution in [0.2, 0.25) is 0 Å². The SMILES string of the molecule is Cc1nc(SCC(=O)N2CCN(Cc3cccs3)CC2)c2c(C)c(C)sc2n1. The van der Waals surface area contributed by atoms with Crippen LogP contribution in [0.3, 0.4) is 0 Å². The van der Waals surface area contributed by atoms with Crippen molar-refractivity contribution in [2.24, 2.45) is 0 Å². The van der Waals surface area contributed by atoms with E-state index in [4.69, 9.17) is 0 Å². The predicted octanol–water partition coefficient (Wildman–Crippen LogP) is 4.11. The van der Waals surface area contributed by atoms with Crippen molar-refractivity contribution in [1.29, 1.82) is 0 Å². The minimum atomic E-state index is 0.204. The molecule has 28 heavy (non-hydrogen) atoms. The highest BCUT2D eigenvalue weighted by atomic mass is 32.2. The summed E-state index contributed by atoms with van der Waals surface area (Å²) in [5.74, 6) is 1.41. The monoisotopic (exact) mass is 432 g/mol. The van der Waals surface area contributed by atoms with E-state index in [0.717, 1.165) is 53.8 Å². The van der Waals surface area contributed by atoms with Crippen LogP contribution < -0.4 is 0 Å². The van der Waals surface area contributed by atoms with Gasteiger partial charge in [0.2, 0.25) is 5.91 Å². The third-order valence-electron chi connectivity index (χ3n) is 5.12. The molecule has 1 amide bonds. The topological polar surface area (TPSA) is 49.3 Å². The number of carbonyl (C=O) groups excluding carboxylic acids is 1. The molecule has 0 aliphatic carbocycles. The summed E-state index contributed by atoms with van der Waals surface area (Å²) in [5, 5.41) is 4.18. The zero-order valence-corrected chi connectivity index (χ0v) is 18.8. The van der Waals surface area contributed by atoms with E-state index in [1.54, 1.807) is 34.4 Å². The Kier molecular flexibility index (Phi) is 6.01. The van der Waals surface area contributed by atoms with Gasteiger partial charge >= 0.3 is 0 Å². The van der Waals surface area contributed by atoms with Gasteiger partial charge in [0.15, 0.2) is 0 Å². The number of nitrogens with zero attached hydrogens (tertiary/aromatic N) is 4. The Morgan fingerprint density at radius 2 is 1.96 bits per heavy atom. The number of thiophene rings is 2. The first-order chi connectivity index (χ1) is 13.5. The lowest BCUT2D eigenvalue weighted by Crippen LogP contribution is -2.48. The smallest absolute Gasteiger partial charge is 0.233 e. The average molecular weight is 433 g/mol. The lowest BCUT2D eigenvalue weighted by molar-refractivity contribution is -0.130. The lowest BCUT2D eigenvalue weighted by Gasteiger charge is -2.34. The van der Waals surface area contributed by atoms with Gasteiger partial charge in [0, 0.05) is 47.9 Å². The minimum Gasteiger partial charge on any atom is -0.339 e. The average Bonchev–Trinajstić information content (AvgIpc) is 3.28. The number of aryl methyl sites for hydroxylation is 3. The van der Waals surface area contributed by atoms with E-state index in [9.17, 15) is 4.79 Å². The van der Waals surface area contributed by atoms with Gasteiger partial charge in [0.25, 0.3) is 0 Å². The summed E-state index contributed by atoms with van der Waals surface area (Å²) >= 11 is 5.05. The van der Waals surface area contributed by atoms with E-state index in [1.165, 1.54) is 15.3 Å². The van der Waals surface area contributed by atoms with Crippen LogP contribution in [-0.4, -0.2) is 57.6 Å². The fraction of sp³-hybridized carbons (Fsp3) is 0.450. The Bertz CT molecular complexity index is 975. The summed E-state index contributed by atoms with van der Waals surface area (Å²) in [5.41, 5.74) is 1.23. The Morgan fingerprint density at radius 3 is 2.68 bits per heavy atom. The second kappa shape index (κ2) is 8.49. The maximum atomic E-state index is 12.8. The van der Waals surface area contributed by atoms with Gasteiger partial charge in [-0.15, -0.1) is 22.7 Å². The Labute approximate surface area is 177 Å². The van der Waals surface area contributed by atoms with Crippen LogP contribution in [0, 0.1) is 20.8 Å². The summed E-state index contributed by atoms with van der Waals surface area (Å²) in [6.45, 7) is 10.6. The van der Waals surface area contributed by atoms with Crippen molar-refractivity contribution in [3.8, 4) is 0 Å². The first kappa shape index (κ1) is 19.8. The number of rotatable bonds is 5. The number of aromatic nitrogens is 2. The molecule has 148 valence electrons. The van der Waals surface area contributed by atoms with Crippen LogP contribution in [-0.2, 0) is 11.3 Å². The van der Waals surface area contributed by atoms with E-state index in [2.05, 4.69) is 46.2 Å². The van der Waals surface area contributed by atoms with Crippen molar-refractivity contribution in [2.45, 2.75) is 32.3 Å². The van der Waals surface area contributed by atoms with E-state index in [-0.39, 0.29) is 5.91 Å². The van der Waals surface area contributed by atoms with Crippen molar-refractivity contribution in [3.05, 3.63) is 38.7 Å². The highest BCUT2D eigenvalue weighted by Gasteiger charge is 2.22. The maximum Gasteiger partial charge on any atom is 0.233 e. The van der Waals surface area contributed by atoms with Crippen LogP contribution in [0.25, 0.3) is 10.2 Å². The molecule has 8 heteroatoms. The molecule has 1 aliphatic rings. The second-order valence-corrected chi connectivity index (χ2v) is 10.3. The minimum absolute atomic E-state index is 0.204. The van der Waals surface area contributed by atoms with Gasteiger partial charge in [0.1, 0.15) is 15.7 Å². The first-order valence-electron chi connectivity index (χ1n) is 9.41. The number of hydrogen-bond acceptors (Lipinski definition) is 7. The molecule has 0 bridgehead atoms. The molecule has 4 heterocycles. The van der Waals surface area contributed by atoms with Crippen molar-refractivity contribution in [1.82, 2.24) is 19.8 Å². The zero-order valence-electron chi connectivity index (χ0n) is 16.4. The molecule has 5 nitrogen and oxygen atoms in total. The molecular weight excluding hydrogens is 408 g/mol. The number of hydrogen-bond donors (Lipinski definition) is 0. The molecule has 0 saturated carbocycles. The molecule has 1 aliphatic heterocycles. The molecule has 1 fully saturated rings. The van der Waals surface area contributed by atoms with Gasteiger partial charge in [-0.2, -0.15) is 0 Å². The molecule has 0 unspecified atom stereocenters. The van der Waals surface area contributed by atoms with E-state index in [0.29, 0.717) is 5.75 Å². The number of carbonyl (C=O) groups is 1. The van der Waals surface area contributed by atoms with Crippen LogP contribution in [0.4, 0.5) is 0 Å². The Balaban J connectivity index is 1.36. The highest BCUT2D eigenvalue weighted by Crippen LogP contribution is 2.35. The number of fused-ring (bicyclic) bond motifs is 1. The molecule has 0 spiro atoms. The van der Waals surface area contributed by atoms with E-state index < -0.39 is 0 Å². The molecule has 0 aromatic carbocycles. The van der Waals surface area contributed by atoms with Crippen LogP contribution in [0.5, 0.6) is 0 Å². The third-order valence-corrected chi connectivity index (χ3v) is 8.05. The van der Waals surface area contributed by atoms with Crippen molar-refractivity contribution >= 4 is 50.6 Å². The summed E-state index contributed by atoms with van der Waals surface area (Å²) in [6.07, 6.45) is 0. The lowest BCUT2D eigenvalue weighted by atomic mass is 10.2. The maximum absolute atomic E-state index is 12.8. The fourth-order valence-electron chi connectivity index (χ4n) is 3.42. The molecule has 3 aromatic rings. The van der Waals surface area contributed by atoms with Gasteiger partial charge in [-0.1, -0.05) is 17.8 Å². The quantitative estimate of drug-likeness (QED) is 0.448. The largest absolute Gasteiger partial charge is 0.339 e. The molecule has 0 N–H and O–H groups in total. The Morgan fingerprint density at radius 1 is 1.18 bits per heavy atom. The fourth-order valence-corrected chi connectivity index (χ4v) is 6.34. The molecule has 1 saturated heterocycles. The van der Waals surface area contributed by atoms with E-state index >= 15 is 0 Å². The van der Waals surface area contributed by atoms with Crippen LogP contribution >= 0.6 is 34.4 Å². The third kappa shape index (κ3) is 4.25. The van der Waals surface area contributed by atoms with Crippen molar-refractivity contribution < 1.29 is 4.79 Å². The van der Waals surface area contributed by atoms with Gasteiger partial charge in [-0.3, -0.25) is 9.69 Å². The normalized spacial score (nSPS) is 15.5. The first-order valence-corrected chi connectivity index (χ1v) is 12.1. The molecule has 3 aromatic heterocycles. The van der Waals surface area contributed by atoms with Crippen molar-refractivity contribution in [3.63, 3.8) is 0 Å². The van der Waals surface area contributed by atoms with Crippen LogP contribution in [0.15, 0.2) is 22.5 Å². The summed E-state index contributed by atoms with van der Waals surface area (Å²) in [7, 11) is 0. The van der Waals surface area contributed by atoms with Crippen LogP contribution in [0.1, 0.15) is 21.1 Å². The molecule has 0 radical (unpaired) electrons. The van der Waals surface area contributed by atoms with Gasteiger partial charge in [0.05, 0.1) is 5.75 Å². The number of piperazine rings is 1. The summed E-state index contributed by atoms with van der Waals surface area (Å²) in [4.78, 5) is 30.1. The van der Waals surface area contributed by atoms with Gasteiger partial charge in [-0.25, -0.2) is 9.97 Å². The predicted molar refractivity (Wildman–Crippen MR) is 119 cm³/mol. The highest BCUT2D eigenvalue weighted by molar-refractivity contribution is 8.00. The molecule has 0 atom stereocenters. The Hall–Kier alpha value is -1.48. The zero-order chi connectivity index (χ0) is 19.7. The van der Waals surface area contributed by atoms with E-state index in [1.807, 2.05) is 11.8 Å². The molecular formula is C20H24N4OS3. The summed E-state index contributed by atoms with van der Waals surface area (Å²) in [6, 6.07) is 4.27. The standard InChI is InChI=1S/C20H24N4OS3/c1-13-14(2)28-20-18(13)19(21-15(3)22-20)27-12-17(25)24-8-6-23(7-9-24)11-16-5-4-10-26-16/h4-5,10H,6-9,11-12H2,1-3H3. The van der Waals surface area contributed by atoms with Gasteiger partial charge < -0.3 is 4.90 Å². The molecule has 4 rings (SSSR count). The second-order valence-electron chi connectivity index (χ2n) is 7.06. The summed E-state index contributed by atoms with van der Waals surface area (Å²) < 4.78 is 0. The number of amides is 1. The number of thioether (sulfide) groups is 1. The van der Waals surface area contributed by atoms with Gasteiger partial charge in [-0.05, 0) is 37.8 Å².